The van der Waals surface area contributed by atoms with E-state index in [9.17, 15) is 13.2 Å². The van der Waals surface area contributed by atoms with Gasteiger partial charge >= 0.3 is 0 Å². The summed E-state index contributed by atoms with van der Waals surface area (Å²) in [6.45, 7) is 1.14. The summed E-state index contributed by atoms with van der Waals surface area (Å²) >= 11 is 0. The molecule has 1 saturated heterocycles. The number of nitrogens with one attached hydrogen (secondary N) is 1. The number of benzene rings is 2. The number of anilines is 1. The van der Waals surface area contributed by atoms with Crippen molar-refractivity contribution in [2.45, 2.75) is 30.6 Å². The molecule has 0 spiro atoms. The molecule has 0 radical (unpaired) electrons. The van der Waals surface area contributed by atoms with Gasteiger partial charge in [-0.15, -0.1) is 5.10 Å². The van der Waals surface area contributed by atoms with Crippen LogP contribution < -0.4 is 5.32 Å². The van der Waals surface area contributed by atoms with Gasteiger partial charge in [0.1, 0.15) is 6.33 Å². The van der Waals surface area contributed by atoms with Gasteiger partial charge in [0.2, 0.25) is 15.9 Å². The molecule has 10 heteroatoms. The lowest BCUT2D eigenvalue weighted by Crippen LogP contribution is -2.31. The first-order chi connectivity index (χ1) is 15.5. The lowest BCUT2D eigenvalue weighted by atomic mass is 10.2. The lowest BCUT2D eigenvalue weighted by molar-refractivity contribution is -0.111. The van der Waals surface area contributed by atoms with Gasteiger partial charge in [-0.25, -0.2) is 13.1 Å². The van der Waals surface area contributed by atoms with Gasteiger partial charge in [0, 0.05) is 24.9 Å². The molecule has 32 heavy (non-hydrogen) atoms. The molecule has 2 aromatic carbocycles. The Kier molecular flexibility index (Phi) is 6.72. The first-order valence-electron chi connectivity index (χ1n) is 10.5. The number of rotatable bonds is 6. The van der Waals surface area contributed by atoms with Crippen molar-refractivity contribution in [3.8, 4) is 5.69 Å². The van der Waals surface area contributed by atoms with Crippen LogP contribution in [0.4, 0.5) is 5.69 Å². The van der Waals surface area contributed by atoms with Crippen molar-refractivity contribution in [1.29, 1.82) is 0 Å². The van der Waals surface area contributed by atoms with Crippen molar-refractivity contribution in [1.82, 2.24) is 24.5 Å². The summed E-state index contributed by atoms with van der Waals surface area (Å²) in [5.74, 6) is -0.290. The highest BCUT2D eigenvalue weighted by Crippen LogP contribution is 2.21. The number of hydrogen-bond acceptors (Lipinski definition) is 6. The molecule has 0 aliphatic carbocycles. The number of hydrogen-bond donors (Lipinski definition) is 1. The second-order valence-corrected chi connectivity index (χ2v) is 9.45. The van der Waals surface area contributed by atoms with Gasteiger partial charge in [0.15, 0.2) is 0 Å². The van der Waals surface area contributed by atoms with Crippen LogP contribution >= 0.6 is 0 Å². The third-order valence-corrected chi connectivity index (χ3v) is 7.17. The van der Waals surface area contributed by atoms with Gasteiger partial charge in [-0.3, -0.25) is 4.79 Å². The van der Waals surface area contributed by atoms with Gasteiger partial charge < -0.3 is 5.32 Å². The molecule has 4 rings (SSSR count). The predicted octanol–water partition coefficient (Wildman–Crippen LogP) is 2.88. The molecule has 1 aliphatic heterocycles. The van der Waals surface area contributed by atoms with Gasteiger partial charge in [0.05, 0.1) is 10.6 Å². The Morgan fingerprint density at radius 2 is 1.62 bits per heavy atom. The minimum absolute atomic E-state index is 0.281. The van der Waals surface area contributed by atoms with E-state index in [1.807, 2.05) is 0 Å². The van der Waals surface area contributed by atoms with Crippen LogP contribution in [0.3, 0.4) is 0 Å². The third kappa shape index (κ3) is 5.27. The predicted molar refractivity (Wildman–Crippen MR) is 120 cm³/mol. The smallest absolute Gasteiger partial charge is 0.248 e. The molecule has 0 saturated carbocycles. The average molecular weight is 453 g/mol. The highest BCUT2D eigenvalue weighted by atomic mass is 32.2. The first-order valence-corrected chi connectivity index (χ1v) is 11.9. The van der Waals surface area contributed by atoms with Crippen LogP contribution in [-0.2, 0) is 14.8 Å². The largest absolute Gasteiger partial charge is 0.323 e. The van der Waals surface area contributed by atoms with E-state index in [0.29, 0.717) is 18.8 Å². The van der Waals surface area contributed by atoms with Gasteiger partial charge in [-0.05, 0) is 71.3 Å². The van der Waals surface area contributed by atoms with Crippen molar-refractivity contribution in [2.75, 3.05) is 18.4 Å². The molecule has 166 valence electrons. The Balaban J connectivity index is 1.36. The lowest BCUT2D eigenvalue weighted by Gasteiger charge is -2.19. The Morgan fingerprint density at radius 3 is 2.25 bits per heavy atom. The number of amides is 1. The Bertz CT molecular complexity index is 1170. The number of aromatic nitrogens is 4. The Morgan fingerprint density at radius 1 is 0.938 bits per heavy atom. The second-order valence-electron chi connectivity index (χ2n) is 7.51. The maximum atomic E-state index is 12.9. The van der Waals surface area contributed by atoms with Crippen LogP contribution in [0.5, 0.6) is 0 Å². The molecular weight excluding hydrogens is 428 g/mol. The van der Waals surface area contributed by atoms with E-state index in [1.165, 1.54) is 17.1 Å². The van der Waals surface area contributed by atoms with Crippen LogP contribution in [0.2, 0.25) is 0 Å². The number of carbonyl (C=O) groups excluding carboxylic acids is 1. The van der Waals surface area contributed by atoms with Crippen molar-refractivity contribution >= 4 is 27.7 Å². The normalized spacial score (nSPS) is 15.5. The topological polar surface area (TPSA) is 110 Å². The van der Waals surface area contributed by atoms with E-state index in [2.05, 4.69) is 20.8 Å². The zero-order chi connectivity index (χ0) is 22.4. The number of tetrazole rings is 1. The van der Waals surface area contributed by atoms with Crippen LogP contribution in [0.1, 0.15) is 31.2 Å². The Hall–Kier alpha value is -3.37. The quantitative estimate of drug-likeness (QED) is 0.576. The van der Waals surface area contributed by atoms with Crippen LogP contribution in [0.15, 0.2) is 65.8 Å². The molecule has 0 unspecified atom stereocenters. The Labute approximate surface area is 186 Å². The summed E-state index contributed by atoms with van der Waals surface area (Å²) < 4.78 is 28.8. The van der Waals surface area contributed by atoms with E-state index in [-0.39, 0.29) is 10.8 Å². The minimum Gasteiger partial charge on any atom is -0.323 e. The molecule has 9 nitrogen and oxygen atoms in total. The van der Waals surface area contributed by atoms with E-state index in [1.54, 1.807) is 58.9 Å². The van der Waals surface area contributed by atoms with E-state index in [0.717, 1.165) is 36.9 Å². The summed E-state index contributed by atoms with van der Waals surface area (Å²) in [5, 5.41) is 13.8. The zero-order valence-electron chi connectivity index (χ0n) is 17.5. The fourth-order valence-electron chi connectivity index (χ4n) is 3.51. The van der Waals surface area contributed by atoms with E-state index in [4.69, 9.17) is 0 Å². The van der Waals surface area contributed by atoms with Gasteiger partial charge in [-0.2, -0.15) is 4.31 Å². The van der Waals surface area contributed by atoms with Gasteiger partial charge in [-0.1, -0.05) is 25.0 Å². The SMILES string of the molecule is O=C(/C=C/c1ccc(S(=O)(=O)N2CCCCCC2)cc1)Nc1ccc(-n2cnnn2)cc1. The van der Waals surface area contributed by atoms with E-state index < -0.39 is 10.0 Å². The molecule has 1 fully saturated rings. The molecule has 1 N–H and O–H groups in total. The van der Waals surface area contributed by atoms with Crippen molar-refractivity contribution in [2.24, 2.45) is 0 Å². The summed E-state index contributed by atoms with van der Waals surface area (Å²) in [6, 6.07) is 13.7. The maximum Gasteiger partial charge on any atom is 0.248 e. The summed E-state index contributed by atoms with van der Waals surface area (Å²) in [6.07, 6.45) is 8.48. The molecule has 2 heterocycles. The number of sulfonamides is 1. The van der Waals surface area contributed by atoms with Crippen LogP contribution in [0.25, 0.3) is 11.8 Å². The first kappa shape index (κ1) is 21.8. The maximum absolute atomic E-state index is 12.9. The monoisotopic (exact) mass is 452 g/mol. The highest BCUT2D eigenvalue weighted by molar-refractivity contribution is 7.89. The van der Waals surface area contributed by atoms with Crippen LogP contribution in [0, 0.1) is 0 Å². The molecule has 1 amide bonds. The van der Waals surface area contributed by atoms with Crippen molar-refractivity contribution in [3.05, 3.63) is 66.5 Å². The third-order valence-electron chi connectivity index (χ3n) is 5.26. The highest BCUT2D eigenvalue weighted by Gasteiger charge is 2.24. The second kappa shape index (κ2) is 9.84. The average Bonchev–Trinajstić information content (AvgIpc) is 3.20. The van der Waals surface area contributed by atoms with E-state index >= 15 is 0 Å². The summed E-state index contributed by atoms with van der Waals surface area (Å²) in [7, 11) is -3.48. The van der Waals surface area contributed by atoms with Crippen LogP contribution in [-0.4, -0.2) is 51.9 Å². The van der Waals surface area contributed by atoms with Crippen molar-refractivity contribution < 1.29 is 13.2 Å². The number of nitrogens with zero attached hydrogens (tertiary/aromatic N) is 5. The molecular formula is C22H24N6O3S. The molecule has 0 atom stereocenters. The molecule has 1 aliphatic rings. The van der Waals surface area contributed by atoms with Crippen molar-refractivity contribution in [3.63, 3.8) is 0 Å². The minimum atomic E-state index is -3.48. The van der Waals surface area contributed by atoms with Gasteiger partial charge in [0.25, 0.3) is 0 Å². The molecule has 0 bridgehead atoms. The molecule has 3 aromatic rings. The summed E-state index contributed by atoms with van der Waals surface area (Å²) in [4.78, 5) is 12.5. The summed E-state index contributed by atoms with van der Waals surface area (Å²) in [5.41, 5.74) is 2.15. The fraction of sp³-hybridized carbons (Fsp3) is 0.273. The number of carbonyl (C=O) groups is 1. The fourth-order valence-corrected chi connectivity index (χ4v) is 5.03. The molecule has 1 aromatic heterocycles. The zero-order valence-corrected chi connectivity index (χ0v) is 18.3. The standard InChI is InChI=1S/C22H24N6O3S/c29-22(24-19-8-10-20(11-9-19)28-17-23-25-26-28)14-7-18-5-12-21(13-6-18)32(30,31)27-15-3-1-2-4-16-27/h5-14,17H,1-4,15-16H2,(H,24,29)/b14-7+.